The third-order valence-corrected chi connectivity index (χ3v) is 11.3. The molecule has 59 heavy (non-hydrogen) atoms. The predicted molar refractivity (Wildman–Crippen MR) is 251 cm³/mol. The summed E-state index contributed by atoms with van der Waals surface area (Å²) in [5, 5.41) is 2.47. The Morgan fingerprint density at radius 1 is 0.203 bits per heavy atom. The number of rotatable bonds is 9. The molecule has 10 aromatic carbocycles. The van der Waals surface area contributed by atoms with E-state index in [0.717, 1.165) is 22.6 Å². The maximum absolute atomic E-state index is 2.42. The lowest BCUT2D eigenvalue weighted by Gasteiger charge is -2.29. The van der Waals surface area contributed by atoms with E-state index in [4.69, 9.17) is 0 Å². The number of anilines is 3. The molecule has 0 unspecified atom stereocenters. The van der Waals surface area contributed by atoms with Crippen LogP contribution in [0.1, 0.15) is 0 Å². The molecule has 0 saturated heterocycles. The third-order valence-electron chi connectivity index (χ3n) is 11.3. The molecule has 10 aromatic rings. The van der Waals surface area contributed by atoms with Crippen LogP contribution in [0.4, 0.5) is 17.1 Å². The van der Waals surface area contributed by atoms with Crippen LogP contribution in [-0.4, -0.2) is 0 Å². The van der Waals surface area contributed by atoms with Crippen LogP contribution in [0.15, 0.2) is 249 Å². The zero-order valence-corrected chi connectivity index (χ0v) is 32.6. The van der Waals surface area contributed by atoms with E-state index in [1.807, 2.05) is 0 Å². The fourth-order valence-electron chi connectivity index (χ4n) is 8.35. The van der Waals surface area contributed by atoms with Crippen LogP contribution >= 0.6 is 0 Å². The van der Waals surface area contributed by atoms with Gasteiger partial charge < -0.3 is 4.90 Å². The van der Waals surface area contributed by atoms with Crippen molar-refractivity contribution in [2.24, 2.45) is 0 Å². The van der Waals surface area contributed by atoms with Crippen molar-refractivity contribution in [2.45, 2.75) is 0 Å². The molecule has 0 spiro atoms. The Labute approximate surface area is 346 Å². The van der Waals surface area contributed by atoms with Crippen LogP contribution in [-0.2, 0) is 0 Å². The van der Waals surface area contributed by atoms with Crippen molar-refractivity contribution in [1.82, 2.24) is 0 Å². The van der Waals surface area contributed by atoms with Crippen LogP contribution < -0.4 is 4.90 Å². The molecule has 10 rings (SSSR count). The van der Waals surface area contributed by atoms with Crippen LogP contribution in [0.25, 0.3) is 77.5 Å². The van der Waals surface area contributed by atoms with Gasteiger partial charge in [-0.05, 0) is 114 Å². The first-order valence-corrected chi connectivity index (χ1v) is 20.3. The molecule has 1 nitrogen and oxygen atoms in total. The van der Waals surface area contributed by atoms with Crippen molar-refractivity contribution in [3.8, 4) is 66.8 Å². The van der Waals surface area contributed by atoms with Crippen molar-refractivity contribution in [3.05, 3.63) is 249 Å². The summed E-state index contributed by atoms with van der Waals surface area (Å²) >= 11 is 0. The topological polar surface area (TPSA) is 3.24 Å². The molecule has 0 N–H and O–H groups in total. The molecule has 0 aliphatic rings. The lowest BCUT2D eigenvalue weighted by molar-refractivity contribution is 1.28. The molecule has 0 aliphatic heterocycles. The van der Waals surface area contributed by atoms with E-state index in [9.17, 15) is 0 Å². The Kier molecular flexibility index (Phi) is 9.68. The van der Waals surface area contributed by atoms with Crippen LogP contribution in [0.3, 0.4) is 0 Å². The zero-order valence-electron chi connectivity index (χ0n) is 32.6. The van der Waals surface area contributed by atoms with Gasteiger partial charge in [-0.2, -0.15) is 0 Å². The monoisotopic (exact) mass is 751 g/mol. The second-order valence-electron chi connectivity index (χ2n) is 14.9. The molecular weight excluding hydrogens is 711 g/mol. The molecule has 0 bridgehead atoms. The molecule has 0 fully saturated rings. The summed E-state index contributed by atoms with van der Waals surface area (Å²) in [6.45, 7) is 0. The van der Waals surface area contributed by atoms with Gasteiger partial charge in [0.05, 0.1) is 5.69 Å². The number of fused-ring (bicyclic) bond motifs is 1. The van der Waals surface area contributed by atoms with Crippen LogP contribution in [0, 0.1) is 0 Å². The highest BCUT2D eigenvalue weighted by molar-refractivity contribution is 5.99. The predicted octanol–water partition coefficient (Wildman–Crippen LogP) is 16.3. The Hall–Kier alpha value is -7.74. The number of hydrogen-bond donors (Lipinski definition) is 0. The van der Waals surface area contributed by atoms with E-state index in [-0.39, 0.29) is 0 Å². The first-order chi connectivity index (χ1) is 29.3. The van der Waals surface area contributed by atoms with Gasteiger partial charge in [-0.15, -0.1) is 0 Å². The second kappa shape index (κ2) is 16.0. The molecule has 278 valence electrons. The van der Waals surface area contributed by atoms with Gasteiger partial charge in [-0.25, -0.2) is 0 Å². The van der Waals surface area contributed by atoms with E-state index in [1.54, 1.807) is 0 Å². The van der Waals surface area contributed by atoms with Crippen molar-refractivity contribution in [2.75, 3.05) is 4.90 Å². The minimum absolute atomic E-state index is 1.08. The minimum atomic E-state index is 1.08. The number of nitrogens with zero attached hydrogens (tertiary/aromatic N) is 1. The summed E-state index contributed by atoms with van der Waals surface area (Å²) < 4.78 is 0. The first-order valence-electron chi connectivity index (χ1n) is 20.3. The molecule has 0 aliphatic carbocycles. The molecule has 0 aromatic heterocycles. The molecule has 0 atom stereocenters. The largest absolute Gasteiger partial charge is 0.310 e. The standard InChI is InChI=1S/C58H41N/c1-4-17-42(18-5-1)45-33-36-51(37-34-45)59(52-26-16-25-48(40-52)49-32-31-44-21-10-11-24-47(44)39-49)58-30-15-14-29-56(58)55-38-35-50(43-19-6-2-7-20-43)41-57(55)54-28-13-12-27-53(54)46-22-8-3-9-23-46/h1-41H. The quantitative estimate of drug-likeness (QED) is 0.142. The van der Waals surface area contributed by atoms with Gasteiger partial charge in [0.25, 0.3) is 0 Å². The molecule has 0 saturated carbocycles. The smallest absolute Gasteiger partial charge is 0.0540 e. The van der Waals surface area contributed by atoms with Crippen molar-refractivity contribution < 1.29 is 0 Å². The van der Waals surface area contributed by atoms with Gasteiger partial charge in [0.1, 0.15) is 0 Å². The summed E-state index contributed by atoms with van der Waals surface area (Å²) in [6, 6.07) is 90.0. The third kappa shape index (κ3) is 7.23. The van der Waals surface area contributed by atoms with E-state index in [1.165, 1.54) is 72.0 Å². The fourth-order valence-corrected chi connectivity index (χ4v) is 8.35. The number of para-hydroxylation sites is 1. The Morgan fingerprint density at radius 2 is 0.678 bits per heavy atom. The summed E-state index contributed by atoms with van der Waals surface area (Å²) in [6.07, 6.45) is 0. The molecule has 0 amide bonds. The van der Waals surface area contributed by atoms with Crippen molar-refractivity contribution >= 4 is 27.8 Å². The van der Waals surface area contributed by atoms with Gasteiger partial charge in [0.15, 0.2) is 0 Å². The van der Waals surface area contributed by atoms with Crippen LogP contribution in [0.5, 0.6) is 0 Å². The van der Waals surface area contributed by atoms with Gasteiger partial charge >= 0.3 is 0 Å². The van der Waals surface area contributed by atoms with Gasteiger partial charge in [-0.1, -0.05) is 206 Å². The van der Waals surface area contributed by atoms with E-state index >= 15 is 0 Å². The molecular formula is C58H41N. The normalized spacial score (nSPS) is 11.1. The Balaban J connectivity index is 1.18. The molecule has 0 heterocycles. The average molecular weight is 752 g/mol. The summed E-state index contributed by atoms with van der Waals surface area (Å²) in [4.78, 5) is 2.42. The van der Waals surface area contributed by atoms with Crippen molar-refractivity contribution in [1.29, 1.82) is 0 Å². The first kappa shape index (κ1) is 35.7. The van der Waals surface area contributed by atoms with Crippen LogP contribution in [0.2, 0.25) is 0 Å². The zero-order chi connectivity index (χ0) is 39.4. The van der Waals surface area contributed by atoms with Gasteiger partial charge in [-0.3, -0.25) is 0 Å². The van der Waals surface area contributed by atoms with E-state index in [2.05, 4.69) is 254 Å². The van der Waals surface area contributed by atoms with Gasteiger partial charge in [0, 0.05) is 16.9 Å². The fraction of sp³-hybridized carbons (Fsp3) is 0. The second-order valence-corrected chi connectivity index (χ2v) is 14.9. The van der Waals surface area contributed by atoms with E-state index < -0.39 is 0 Å². The summed E-state index contributed by atoms with van der Waals surface area (Å²) in [5.74, 6) is 0. The molecule has 0 radical (unpaired) electrons. The van der Waals surface area contributed by atoms with E-state index in [0.29, 0.717) is 0 Å². The highest BCUT2D eigenvalue weighted by Gasteiger charge is 2.21. The highest BCUT2D eigenvalue weighted by atomic mass is 15.1. The summed E-state index contributed by atoms with van der Waals surface area (Å²) in [7, 11) is 0. The van der Waals surface area contributed by atoms with Gasteiger partial charge in [0.2, 0.25) is 0 Å². The minimum Gasteiger partial charge on any atom is -0.310 e. The summed E-state index contributed by atoms with van der Waals surface area (Å²) in [5.41, 5.74) is 17.5. The number of benzene rings is 10. The van der Waals surface area contributed by atoms with Crippen molar-refractivity contribution in [3.63, 3.8) is 0 Å². The highest BCUT2D eigenvalue weighted by Crippen LogP contribution is 2.47. The average Bonchev–Trinajstić information content (AvgIpc) is 3.33. The number of hydrogen-bond acceptors (Lipinski definition) is 1. The molecule has 1 heteroatoms. The Bertz CT molecular complexity index is 3020. The lowest BCUT2D eigenvalue weighted by Crippen LogP contribution is -2.11. The SMILES string of the molecule is c1ccc(-c2ccc(N(c3cccc(-c4ccc5ccccc5c4)c3)c3ccccc3-c3ccc(-c4ccccc4)cc3-c3ccccc3-c3ccccc3)cc2)cc1. The maximum atomic E-state index is 2.42. The lowest BCUT2D eigenvalue weighted by atomic mass is 9.86. The maximum Gasteiger partial charge on any atom is 0.0540 e. The Morgan fingerprint density at radius 3 is 1.41 bits per heavy atom.